The summed E-state index contributed by atoms with van der Waals surface area (Å²) in [5.41, 5.74) is 0. The van der Waals surface area contributed by atoms with Gasteiger partial charge < -0.3 is 10.1 Å². The molecule has 2 aliphatic rings. The van der Waals surface area contributed by atoms with E-state index in [1.807, 2.05) is 14.0 Å². The second-order valence-electron chi connectivity index (χ2n) is 4.97. The molecule has 0 bridgehead atoms. The van der Waals surface area contributed by atoms with Crippen molar-refractivity contribution in [3.05, 3.63) is 0 Å². The van der Waals surface area contributed by atoms with Crippen molar-refractivity contribution < 1.29 is 14.3 Å². The molecule has 2 fully saturated rings. The molecular weight excluding hydrogens is 220 g/mol. The summed E-state index contributed by atoms with van der Waals surface area (Å²) in [7, 11) is 1.87. The Labute approximate surface area is 101 Å². The first kappa shape index (κ1) is 12.5. The fourth-order valence-electron chi connectivity index (χ4n) is 2.58. The lowest BCUT2D eigenvalue weighted by Gasteiger charge is -2.26. The maximum absolute atomic E-state index is 11.8. The molecule has 2 amide bonds. The van der Waals surface area contributed by atoms with Gasteiger partial charge in [-0.2, -0.15) is 0 Å². The number of carbonyl (C=O) groups is 2. The lowest BCUT2D eigenvalue weighted by atomic mass is 9.99. The molecule has 2 saturated heterocycles. The summed E-state index contributed by atoms with van der Waals surface area (Å²) in [4.78, 5) is 24.9. The van der Waals surface area contributed by atoms with E-state index < -0.39 is 0 Å². The standard InChI is InChI=1S/C12H20N2O3/c1-8-5-11(15)14(12(8)16)6-10(13-2)9-3-4-17-7-9/h8-10,13H,3-7H2,1-2H3. The lowest BCUT2D eigenvalue weighted by Crippen LogP contribution is -2.46. The lowest BCUT2D eigenvalue weighted by molar-refractivity contribution is -0.139. The highest BCUT2D eigenvalue weighted by molar-refractivity contribution is 6.03. The van der Waals surface area contributed by atoms with Gasteiger partial charge in [0.2, 0.25) is 11.8 Å². The first-order chi connectivity index (χ1) is 8.13. The van der Waals surface area contributed by atoms with Crippen molar-refractivity contribution in [1.29, 1.82) is 0 Å². The van der Waals surface area contributed by atoms with Crippen LogP contribution >= 0.6 is 0 Å². The van der Waals surface area contributed by atoms with Crippen LogP contribution in [0.2, 0.25) is 0 Å². The molecule has 0 spiro atoms. The zero-order valence-electron chi connectivity index (χ0n) is 10.4. The maximum Gasteiger partial charge on any atom is 0.232 e. The second-order valence-corrected chi connectivity index (χ2v) is 4.97. The number of imide groups is 1. The zero-order chi connectivity index (χ0) is 12.4. The monoisotopic (exact) mass is 240 g/mol. The van der Waals surface area contributed by atoms with E-state index in [1.54, 1.807) is 0 Å². The molecule has 0 aromatic heterocycles. The van der Waals surface area contributed by atoms with Gasteiger partial charge in [0.05, 0.1) is 6.61 Å². The molecule has 0 aromatic carbocycles. The van der Waals surface area contributed by atoms with E-state index in [0.29, 0.717) is 18.9 Å². The summed E-state index contributed by atoms with van der Waals surface area (Å²) >= 11 is 0. The number of amides is 2. The molecular formula is C12H20N2O3. The van der Waals surface area contributed by atoms with Crippen molar-refractivity contribution in [1.82, 2.24) is 10.2 Å². The van der Waals surface area contributed by atoms with Gasteiger partial charge in [0, 0.05) is 37.5 Å². The Kier molecular flexibility index (Phi) is 3.79. The Morgan fingerprint density at radius 3 is 2.76 bits per heavy atom. The van der Waals surface area contributed by atoms with Crippen molar-refractivity contribution in [2.75, 3.05) is 26.8 Å². The molecule has 0 aliphatic carbocycles. The van der Waals surface area contributed by atoms with Crippen molar-refractivity contribution in [3.8, 4) is 0 Å². The van der Waals surface area contributed by atoms with E-state index in [2.05, 4.69) is 5.32 Å². The number of nitrogens with zero attached hydrogens (tertiary/aromatic N) is 1. The molecule has 5 heteroatoms. The molecule has 2 heterocycles. The topological polar surface area (TPSA) is 58.6 Å². The van der Waals surface area contributed by atoms with E-state index in [9.17, 15) is 9.59 Å². The number of likely N-dealkylation sites (tertiary alicyclic amines) is 1. The van der Waals surface area contributed by atoms with Gasteiger partial charge in [-0.1, -0.05) is 6.92 Å². The molecule has 17 heavy (non-hydrogen) atoms. The zero-order valence-corrected chi connectivity index (χ0v) is 10.4. The van der Waals surface area contributed by atoms with Crippen LogP contribution < -0.4 is 5.32 Å². The quantitative estimate of drug-likeness (QED) is 0.703. The average Bonchev–Trinajstić information content (AvgIpc) is 2.89. The Morgan fingerprint density at radius 1 is 1.53 bits per heavy atom. The average molecular weight is 240 g/mol. The summed E-state index contributed by atoms with van der Waals surface area (Å²) < 4.78 is 5.35. The molecule has 0 aromatic rings. The van der Waals surface area contributed by atoms with Gasteiger partial charge in [-0.25, -0.2) is 0 Å². The third-order valence-electron chi connectivity index (χ3n) is 3.75. The molecule has 1 N–H and O–H groups in total. The van der Waals surface area contributed by atoms with Gasteiger partial charge in [0.25, 0.3) is 0 Å². The summed E-state index contributed by atoms with van der Waals surface area (Å²) in [6.45, 7) is 3.79. The summed E-state index contributed by atoms with van der Waals surface area (Å²) in [5, 5.41) is 3.20. The normalized spacial score (nSPS) is 31.3. The first-order valence-electron chi connectivity index (χ1n) is 6.22. The number of rotatable bonds is 4. The smallest absolute Gasteiger partial charge is 0.232 e. The highest BCUT2D eigenvalue weighted by Crippen LogP contribution is 2.22. The first-order valence-corrected chi connectivity index (χ1v) is 6.22. The van der Waals surface area contributed by atoms with Crippen LogP contribution in [0.3, 0.4) is 0 Å². The van der Waals surface area contributed by atoms with Gasteiger partial charge in [-0.05, 0) is 13.5 Å². The van der Waals surface area contributed by atoms with Crippen molar-refractivity contribution in [3.63, 3.8) is 0 Å². The van der Waals surface area contributed by atoms with Crippen molar-refractivity contribution >= 4 is 11.8 Å². The van der Waals surface area contributed by atoms with Crippen LogP contribution in [0, 0.1) is 11.8 Å². The molecule has 5 nitrogen and oxygen atoms in total. The van der Waals surface area contributed by atoms with Crippen molar-refractivity contribution in [2.45, 2.75) is 25.8 Å². The molecule has 3 atom stereocenters. The van der Waals surface area contributed by atoms with E-state index in [0.717, 1.165) is 19.6 Å². The molecule has 3 unspecified atom stereocenters. The number of carbonyl (C=O) groups excluding carboxylic acids is 2. The van der Waals surface area contributed by atoms with Gasteiger partial charge in [0.1, 0.15) is 0 Å². The van der Waals surface area contributed by atoms with Crippen molar-refractivity contribution in [2.24, 2.45) is 11.8 Å². The van der Waals surface area contributed by atoms with Crippen LogP contribution in [-0.2, 0) is 14.3 Å². The Hall–Kier alpha value is -0.940. The third-order valence-corrected chi connectivity index (χ3v) is 3.75. The van der Waals surface area contributed by atoms with Gasteiger partial charge in [0.15, 0.2) is 0 Å². The van der Waals surface area contributed by atoms with E-state index in [4.69, 9.17) is 4.74 Å². The highest BCUT2D eigenvalue weighted by atomic mass is 16.5. The predicted octanol–water partition coefficient (Wildman–Crippen LogP) is 0.00590. The van der Waals surface area contributed by atoms with Crippen LogP contribution in [0.15, 0.2) is 0 Å². The summed E-state index contributed by atoms with van der Waals surface area (Å²) in [5.74, 6) is 0.173. The predicted molar refractivity (Wildman–Crippen MR) is 62.3 cm³/mol. The highest BCUT2D eigenvalue weighted by Gasteiger charge is 2.38. The van der Waals surface area contributed by atoms with E-state index >= 15 is 0 Å². The van der Waals surface area contributed by atoms with Gasteiger partial charge >= 0.3 is 0 Å². The molecule has 0 radical (unpaired) electrons. The van der Waals surface area contributed by atoms with Crippen LogP contribution in [0.5, 0.6) is 0 Å². The van der Waals surface area contributed by atoms with Crippen LogP contribution in [0.1, 0.15) is 19.8 Å². The van der Waals surface area contributed by atoms with Gasteiger partial charge in [-0.15, -0.1) is 0 Å². The van der Waals surface area contributed by atoms with Gasteiger partial charge in [-0.3, -0.25) is 14.5 Å². The van der Waals surface area contributed by atoms with Crippen LogP contribution in [0.25, 0.3) is 0 Å². The number of likely N-dealkylation sites (N-methyl/N-ethyl adjacent to an activating group) is 1. The SMILES string of the molecule is CNC(CN1C(=O)CC(C)C1=O)C1CCOC1. The molecule has 0 saturated carbocycles. The molecule has 2 aliphatic heterocycles. The van der Waals surface area contributed by atoms with Crippen LogP contribution in [0.4, 0.5) is 0 Å². The number of ether oxygens (including phenoxy) is 1. The largest absolute Gasteiger partial charge is 0.381 e. The molecule has 96 valence electrons. The van der Waals surface area contributed by atoms with E-state index in [1.165, 1.54) is 4.90 Å². The Balaban J connectivity index is 1.98. The summed E-state index contributed by atoms with van der Waals surface area (Å²) in [6.07, 6.45) is 1.35. The van der Waals surface area contributed by atoms with E-state index in [-0.39, 0.29) is 23.8 Å². The fourth-order valence-corrected chi connectivity index (χ4v) is 2.58. The Bertz CT molecular complexity index is 313. The minimum absolute atomic E-state index is 0.0332. The third kappa shape index (κ3) is 2.50. The fraction of sp³-hybridized carbons (Fsp3) is 0.833. The Morgan fingerprint density at radius 2 is 2.29 bits per heavy atom. The minimum Gasteiger partial charge on any atom is -0.381 e. The minimum atomic E-state index is -0.153. The maximum atomic E-state index is 11.8. The molecule has 2 rings (SSSR count). The number of nitrogens with one attached hydrogen (secondary N) is 1. The number of hydrogen-bond acceptors (Lipinski definition) is 4. The summed E-state index contributed by atoms with van der Waals surface area (Å²) in [6, 6.07) is 0.149. The second kappa shape index (κ2) is 5.14. The number of hydrogen-bond donors (Lipinski definition) is 1. The van der Waals surface area contributed by atoms with Crippen LogP contribution in [-0.4, -0.2) is 49.6 Å².